The lowest BCUT2D eigenvalue weighted by atomic mass is 9.70. The van der Waals surface area contributed by atoms with E-state index in [-0.39, 0.29) is 17.6 Å². The minimum Gasteiger partial charge on any atom is -0.507 e. The number of hydrogen-bond donors (Lipinski definition) is 1. The monoisotopic (exact) mass is 428 g/mol. The Morgan fingerprint density at radius 2 is 1.45 bits per heavy atom. The number of phenols is 1. The number of carbonyl (C=O) groups excluding carboxylic acids is 1. The molecule has 1 aliphatic rings. The summed E-state index contributed by atoms with van der Waals surface area (Å²) in [6.07, 6.45) is 1.27. The fraction of sp³-hybridized carbons (Fsp3) is 0.129. The molecule has 5 aromatic rings. The predicted molar refractivity (Wildman–Crippen MR) is 134 cm³/mol. The van der Waals surface area contributed by atoms with E-state index in [4.69, 9.17) is 0 Å². The van der Waals surface area contributed by atoms with E-state index in [0.29, 0.717) is 18.6 Å². The van der Waals surface area contributed by atoms with E-state index in [9.17, 15) is 9.90 Å². The molecule has 2 heteroatoms. The van der Waals surface area contributed by atoms with Gasteiger partial charge in [-0.25, -0.2) is 0 Å². The Labute approximate surface area is 193 Å². The average molecular weight is 429 g/mol. The van der Waals surface area contributed by atoms with Crippen LogP contribution < -0.4 is 0 Å². The van der Waals surface area contributed by atoms with Gasteiger partial charge in [0.1, 0.15) is 11.5 Å². The van der Waals surface area contributed by atoms with Crippen molar-refractivity contribution in [3.05, 3.63) is 125 Å². The fourth-order valence-corrected chi connectivity index (χ4v) is 5.54. The fourth-order valence-electron chi connectivity index (χ4n) is 5.54. The van der Waals surface area contributed by atoms with E-state index in [2.05, 4.69) is 30.3 Å². The van der Waals surface area contributed by atoms with Gasteiger partial charge < -0.3 is 5.11 Å². The summed E-state index contributed by atoms with van der Waals surface area (Å²) in [6.45, 7) is 0. The van der Waals surface area contributed by atoms with E-state index < -0.39 is 0 Å². The van der Waals surface area contributed by atoms with Crippen molar-refractivity contribution in [2.45, 2.75) is 24.7 Å². The predicted octanol–water partition coefficient (Wildman–Crippen LogP) is 6.93. The van der Waals surface area contributed by atoms with Gasteiger partial charge in [0.25, 0.3) is 0 Å². The molecule has 2 nitrogen and oxygen atoms in total. The quantitative estimate of drug-likeness (QED) is 0.316. The van der Waals surface area contributed by atoms with Gasteiger partial charge in [0.15, 0.2) is 0 Å². The Hall–Kier alpha value is -3.91. The number of carbonyl (C=O) groups is 1. The third kappa shape index (κ3) is 3.30. The molecular formula is C31H24O2. The third-order valence-corrected chi connectivity index (χ3v) is 7.10. The molecule has 0 amide bonds. The van der Waals surface area contributed by atoms with Crippen LogP contribution in [0.5, 0.6) is 5.75 Å². The summed E-state index contributed by atoms with van der Waals surface area (Å²) < 4.78 is 0. The van der Waals surface area contributed by atoms with Crippen LogP contribution in [0.1, 0.15) is 34.1 Å². The summed E-state index contributed by atoms with van der Waals surface area (Å²) >= 11 is 0. The molecular weight excluding hydrogens is 404 g/mol. The molecule has 1 aliphatic carbocycles. The molecule has 0 spiro atoms. The van der Waals surface area contributed by atoms with Gasteiger partial charge in [-0.3, -0.25) is 4.79 Å². The molecule has 0 heterocycles. The second kappa shape index (κ2) is 7.90. The first-order valence-corrected chi connectivity index (χ1v) is 11.5. The van der Waals surface area contributed by atoms with Crippen LogP contribution in [0.4, 0.5) is 0 Å². The van der Waals surface area contributed by atoms with Crippen LogP contribution >= 0.6 is 0 Å². The van der Waals surface area contributed by atoms with Gasteiger partial charge >= 0.3 is 0 Å². The largest absolute Gasteiger partial charge is 0.507 e. The first-order chi connectivity index (χ1) is 16.2. The van der Waals surface area contributed by atoms with E-state index in [0.717, 1.165) is 43.8 Å². The molecule has 6 rings (SSSR count). The van der Waals surface area contributed by atoms with Crippen molar-refractivity contribution in [3.63, 3.8) is 0 Å². The number of hydrogen-bond acceptors (Lipinski definition) is 2. The molecule has 2 unspecified atom stereocenters. The molecule has 0 aromatic heterocycles. The number of fused-ring (bicyclic) bond motifs is 5. The van der Waals surface area contributed by atoms with E-state index >= 15 is 0 Å². The summed E-state index contributed by atoms with van der Waals surface area (Å²) in [5.74, 6) is 0.0952. The highest BCUT2D eigenvalue weighted by atomic mass is 16.3. The van der Waals surface area contributed by atoms with Gasteiger partial charge in [-0.15, -0.1) is 0 Å². The summed E-state index contributed by atoms with van der Waals surface area (Å²) in [5, 5.41) is 15.2. The highest BCUT2D eigenvalue weighted by Crippen LogP contribution is 2.45. The number of Topliss-reactive ketones (excluding diaryl/α,β-unsaturated/α-hetero) is 1. The van der Waals surface area contributed by atoms with Crippen molar-refractivity contribution in [1.82, 2.24) is 0 Å². The Bertz CT molecular complexity index is 1490. The summed E-state index contributed by atoms with van der Waals surface area (Å²) in [6, 6.07) is 34.5. The van der Waals surface area contributed by atoms with Crippen molar-refractivity contribution in [2.75, 3.05) is 0 Å². The first-order valence-electron chi connectivity index (χ1n) is 11.5. The van der Waals surface area contributed by atoms with E-state index in [1.54, 1.807) is 0 Å². The zero-order valence-corrected chi connectivity index (χ0v) is 18.2. The van der Waals surface area contributed by atoms with Crippen molar-refractivity contribution < 1.29 is 9.90 Å². The summed E-state index contributed by atoms with van der Waals surface area (Å²) in [7, 11) is 0. The number of phenolic OH excluding ortho intramolecular Hbond substituents is 1. The molecule has 33 heavy (non-hydrogen) atoms. The first kappa shape index (κ1) is 19.8. The third-order valence-electron chi connectivity index (χ3n) is 7.10. The zero-order chi connectivity index (χ0) is 22.4. The van der Waals surface area contributed by atoms with E-state index in [1.165, 1.54) is 0 Å². The van der Waals surface area contributed by atoms with Crippen molar-refractivity contribution >= 4 is 27.3 Å². The lowest BCUT2D eigenvalue weighted by molar-refractivity contribution is -0.122. The van der Waals surface area contributed by atoms with Crippen molar-refractivity contribution in [3.8, 4) is 5.75 Å². The minimum absolute atomic E-state index is 0.219. The summed E-state index contributed by atoms with van der Waals surface area (Å²) in [4.78, 5) is 13.9. The molecule has 160 valence electrons. The molecule has 1 N–H and O–H groups in total. The SMILES string of the molecule is O=C1C(c2ccccc2)Cc2c(ccc3c2c(O)cc2ccccc23)C1Cc1ccccc1. The number of ketones is 1. The number of rotatable bonds is 3. The van der Waals surface area contributed by atoms with Gasteiger partial charge in [-0.05, 0) is 57.3 Å². The summed E-state index contributed by atoms with van der Waals surface area (Å²) in [5.41, 5.74) is 4.35. The van der Waals surface area contributed by atoms with Gasteiger partial charge in [-0.1, -0.05) is 97.1 Å². The van der Waals surface area contributed by atoms with Gasteiger partial charge in [-0.2, -0.15) is 0 Å². The Kier molecular flexibility index (Phi) is 4.73. The maximum atomic E-state index is 13.9. The van der Waals surface area contributed by atoms with Crippen LogP contribution in [-0.4, -0.2) is 10.9 Å². The Balaban J connectivity index is 1.60. The number of aromatic hydroxyl groups is 1. The highest BCUT2D eigenvalue weighted by molar-refractivity contribution is 6.12. The molecule has 0 radical (unpaired) electrons. The zero-order valence-electron chi connectivity index (χ0n) is 18.2. The van der Waals surface area contributed by atoms with Crippen LogP contribution in [0.3, 0.4) is 0 Å². The van der Waals surface area contributed by atoms with Crippen LogP contribution in [-0.2, 0) is 17.6 Å². The van der Waals surface area contributed by atoms with E-state index in [1.807, 2.05) is 72.8 Å². The maximum Gasteiger partial charge on any atom is 0.148 e. The minimum atomic E-state index is -0.239. The number of benzene rings is 5. The maximum absolute atomic E-state index is 13.9. The van der Waals surface area contributed by atoms with Crippen LogP contribution in [0.25, 0.3) is 21.5 Å². The van der Waals surface area contributed by atoms with Crippen LogP contribution in [0.15, 0.2) is 103 Å². The molecule has 0 aliphatic heterocycles. The van der Waals surface area contributed by atoms with Gasteiger partial charge in [0.05, 0.1) is 0 Å². The Morgan fingerprint density at radius 3 is 2.24 bits per heavy atom. The lowest BCUT2D eigenvalue weighted by Crippen LogP contribution is -2.30. The topological polar surface area (TPSA) is 37.3 Å². The van der Waals surface area contributed by atoms with Crippen LogP contribution in [0, 0.1) is 0 Å². The molecule has 0 saturated carbocycles. The molecule has 0 bridgehead atoms. The second-order valence-electron chi connectivity index (χ2n) is 8.98. The van der Waals surface area contributed by atoms with Crippen LogP contribution in [0.2, 0.25) is 0 Å². The Morgan fingerprint density at radius 1 is 0.758 bits per heavy atom. The molecule has 0 saturated heterocycles. The standard InChI is InChI=1S/C31H24O2/c32-29-18-22-13-7-8-14-23(22)25-16-15-24-27(30(25)29)19-26(21-11-5-2-6-12-21)31(33)28(24)17-20-9-3-1-4-10-20/h1-16,18,26,28,32H,17,19H2. The van der Waals surface area contributed by atoms with Gasteiger partial charge in [0, 0.05) is 17.2 Å². The molecule has 2 atom stereocenters. The average Bonchev–Trinajstić information content (AvgIpc) is 2.86. The molecule has 0 fully saturated rings. The second-order valence-corrected chi connectivity index (χ2v) is 8.98. The molecule has 5 aromatic carbocycles. The van der Waals surface area contributed by atoms with Crippen molar-refractivity contribution in [1.29, 1.82) is 0 Å². The highest BCUT2D eigenvalue weighted by Gasteiger charge is 2.37. The van der Waals surface area contributed by atoms with Crippen molar-refractivity contribution in [2.24, 2.45) is 0 Å². The lowest BCUT2D eigenvalue weighted by Gasteiger charge is -2.32. The normalized spacial score (nSPS) is 17.9. The smallest absolute Gasteiger partial charge is 0.148 e. The van der Waals surface area contributed by atoms with Gasteiger partial charge in [0.2, 0.25) is 0 Å².